The van der Waals surface area contributed by atoms with Crippen LogP contribution in [0.25, 0.3) is 0 Å². The minimum absolute atomic E-state index is 0.295. The third-order valence-electron chi connectivity index (χ3n) is 6.07. The maximum absolute atomic E-state index is 11.2. The smallest absolute Gasteiger partial charge is 0.330 e. The standard InChI is InChI=1S/C29H35ClN2O4/c1-4-18-35-19-20-36-26-13-14-27-24(21-26)10-9-23-11-12-25(30)22-28(23)32(27)17-6-5-15-31(2)16-7-8-29(33)34-3/h1,7-8,11-14,21-22H,5-6,9-10,15-20H2,2-3H3/b8-7+. The van der Waals surface area contributed by atoms with Gasteiger partial charge in [0.2, 0.25) is 0 Å². The topological polar surface area (TPSA) is 51.2 Å². The molecule has 2 aromatic rings. The number of methoxy groups -OCH3 is 1. The molecule has 0 aromatic heterocycles. The van der Waals surface area contributed by atoms with Crippen LogP contribution in [0.4, 0.5) is 11.4 Å². The third-order valence-corrected chi connectivity index (χ3v) is 6.30. The first-order chi connectivity index (χ1) is 17.5. The van der Waals surface area contributed by atoms with E-state index >= 15 is 0 Å². The lowest BCUT2D eigenvalue weighted by atomic mass is 10.0. The molecule has 0 N–H and O–H groups in total. The maximum atomic E-state index is 11.2. The molecule has 192 valence electrons. The molecule has 0 radical (unpaired) electrons. The van der Waals surface area contributed by atoms with E-state index < -0.39 is 0 Å². The van der Waals surface area contributed by atoms with E-state index in [1.165, 1.54) is 35.7 Å². The lowest BCUT2D eigenvalue weighted by Crippen LogP contribution is -2.23. The first-order valence-electron chi connectivity index (χ1n) is 12.3. The van der Waals surface area contributed by atoms with Crippen LogP contribution < -0.4 is 9.64 Å². The Morgan fingerprint density at radius 3 is 2.78 bits per heavy atom. The zero-order chi connectivity index (χ0) is 25.8. The molecule has 0 aliphatic carbocycles. The van der Waals surface area contributed by atoms with Crippen LogP contribution >= 0.6 is 11.6 Å². The van der Waals surface area contributed by atoms with Gasteiger partial charge >= 0.3 is 5.97 Å². The number of rotatable bonds is 13. The highest BCUT2D eigenvalue weighted by Crippen LogP contribution is 2.39. The molecule has 0 spiro atoms. The van der Waals surface area contributed by atoms with E-state index in [1.54, 1.807) is 0 Å². The summed E-state index contributed by atoms with van der Waals surface area (Å²) in [5.74, 6) is 2.97. The number of ether oxygens (including phenoxy) is 3. The van der Waals surface area contributed by atoms with E-state index in [0.29, 0.717) is 26.4 Å². The van der Waals surface area contributed by atoms with Gasteiger partial charge in [-0.3, -0.25) is 0 Å². The summed E-state index contributed by atoms with van der Waals surface area (Å²) in [6, 6.07) is 12.5. The molecule has 2 aromatic carbocycles. The summed E-state index contributed by atoms with van der Waals surface area (Å²) in [5.41, 5.74) is 4.92. The van der Waals surface area contributed by atoms with Crippen molar-refractivity contribution in [3.63, 3.8) is 0 Å². The second-order valence-corrected chi connectivity index (χ2v) is 9.15. The molecule has 0 unspecified atom stereocenters. The largest absolute Gasteiger partial charge is 0.491 e. The number of likely N-dealkylation sites (N-methyl/N-ethyl adjacent to an activating group) is 1. The lowest BCUT2D eigenvalue weighted by molar-refractivity contribution is -0.134. The van der Waals surface area contributed by atoms with Crippen molar-refractivity contribution in [3.05, 3.63) is 64.7 Å². The predicted molar refractivity (Wildman–Crippen MR) is 145 cm³/mol. The average molecular weight is 511 g/mol. The number of esters is 1. The van der Waals surface area contributed by atoms with Gasteiger partial charge < -0.3 is 24.0 Å². The number of aryl methyl sites for hydroxylation is 2. The van der Waals surface area contributed by atoms with E-state index in [0.717, 1.165) is 49.5 Å². The highest BCUT2D eigenvalue weighted by Gasteiger charge is 2.21. The lowest BCUT2D eigenvalue weighted by Gasteiger charge is -2.28. The fourth-order valence-electron chi connectivity index (χ4n) is 4.24. The van der Waals surface area contributed by atoms with Crippen LogP contribution in [0.3, 0.4) is 0 Å². The number of halogens is 1. The third kappa shape index (κ3) is 8.30. The molecule has 6 nitrogen and oxygen atoms in total. The van der Waals surface area contributed by atoms with E-state index in [9.17, 15) is 4.79 Å². The van der Waals surface area contributed by atoms with Crippen LogP contribution in [-0.4, -0.2) is 64.5 Å². The van der Waals surface area contributed by atoms with Gasteiger partial charge in [0.05, 0.1) is 13.7 Å². The molecule has 0 atom stereocenters. The predicted octanol–water partition coefficient (Wildman–Crippen LogP) is 5.05. The van der Waals surface area contributed by atoms with Gasteiger partial charge in [-0.2, -0.15) is 0 Å². The number of unbranched alkanes of at least 4 members (excludes halogenated alkanes) is 1. The van der Waals surface area contributed by atoms with E-state index in [-0.39, 0.29) is 5.97 Å². The number of hydrogen-bond donors (Lipinski definition) is 0. The molecular formula is C29H35ClN2O4. The number of hydrogen-bond acceptors (Lipinski definition) is 6. The molecule has 0 fully saturated rings. The Kier molecular flexibility index (Phi) is 11.2. The summed E-state index contributed by atoms with van der Waals surface area (Å²) in [6.45, 7) is 3.74. The Balaban J connectivity index is 1.66. The van der Waals surface area contributed by atoms with Crippen LogP contribution in [-0.2, 0) is 27.1 Å². The zero-order valence-corrected chi connectivity index (χ0v) is 21.9. The number of anilines is 2. The van der Waals surface area contributed by atoms with Gasteiger partial charge in [0.15, 0.2) is 0 Å². The number of fused-ring (bicyclic) bond motifs is 2. The van der Waals surface area contributed by atoms with Crippen molar-refractivity contribution in [1.29, 1.82) is 0 Å². The Morgan fingerprint density at radius 1 is 1.14 bits per heavy atom. The minimum atomic E-state index is -0.327. The summed E-state index contributed by atoms with van der Waals surface area (Å²) >= 11 is 6.41. The quantitative estimate of drug-likeness (QED) is 0.163. The normalized spacial score (nSPS) is 12.7. The van der Waals surface area contributed by atoms with Gasteiger partial charge in [-0.15, -0.1) is 6.42 Å². The second kappa shape index (κ2) is 14.5. The first-order valence-corrected chi connectivity index (χ1v) is 12.7. The molecule has 1 aliphatic heterocycles. The van der Waals surface area contributed by atoms with Gasteiger partial charge in [0.1, 0.15) is 19.0 Å². The Hall–Kier alpha value is -2.98. The highest BCUT2D eigenvalue weighted by atomic mass is 35.5. The monoisotopic (exact) mass is 510 g/mol. The van der Waals surface area contributed by atoms with E-state index in [2.05, 4.69) is 51.8 Å². The van der Waals surface area contributed by atoms with Gasteiger partial charge in [-0.05, 0) is 80.7 Å². The Morgan fingerprint density at radius 2 is 1.97 bits per heavy atom. The van der Waals surface area contributed by atoms with Gasteiger partial charge in [0.25, 0.3) is 0 Å². The fourth-order valence-corrected chi connectivity index (χ4v) is 4.41. The summed E-state index contributed by atoms with van der Waals surface area (Å²) in [6.07, 6.45) is 12.4. The van der Waals surface area contributed by atoms with Gasteiger partial charge in [0, 0.05) is 35.6 Å². The van der Waals surface area contributed by atoms with E-state index in [1.807, 2.05) is 18.2 Å². The van der Waals surface area contributed by atoms with Crippen LogP contribution in [0.2, 0.25) is 5.02 Å². The Labute approximate surface area is 219 Å². The fraction of sp³-hybridized carbons (Fsp3) is 0.414. The molecular weight excluding hydrogens is 476 g/mol. The Bertz CT molecular complexity index is 1080. The van der Waals surface area contributed by atoms with Crippen molar-refractivity contribution in [2.24, 2.45) is 0 Å². The first kappa shape index (κ1) is 27.6. The number of benzene rings is 2. The van der Waals surface area contributed by atoms with Crippen LogP contribution in [0.5, 0.6) is 5.75 Å². The summed E-state index contributed by atoms with van der Waals surface area (Å²) < 4.78 is 15.8. The SMILES string of the molecule is C#CCOCCOc1ccc2c(c1)CCc1ccc(Cl)cc1N2CCCCN(C)C/C=C/C(=O)OC. The summed E-state index contributed by atoms with van der Waals surface area (Å²) in [4.78, 5) is 15.8. The minimum Gasteiger partial charge on any atom is -0.491 e. The molecule has 7 heteroatoms. The molecule has 1 aliphatic rings. The maximum Gasteiger partial charge on any atom is 0.330 e. The number of nitrogens with zero attached hydrogens (tertiary/aromatic N) is 2. The van der Waals surface area contributed by atoms with E-state index in [4.69, 9.17) is 27.5 Å². The van der Waals surface area contributed by atoms with Crippen LogP contribution in [0.1, 0.15) is 24.0 Å². The number of carbonyl (C=O) groups excluding carboxylic acids is 1. The molecule has 0 saturated carbocycles. The van der Waals surface area contributed by atoms with Crippen LogP contribution in [0, 0.1) is 12.3 Å². The van der Waals surface area contributed by atoms with Crippen molar-refractivity contribution < 1.29 is 19.0 Å². The second-order valence-electron chi connectivity index (χ2n) is 8.72. The van der Waals surface area contributed by atoms with Crippen molar-refractivity contribution in [2.45, 2.75) is 25.7 Å². The molecule has 36 heavy (non-hydrogen) atoms. The van der Waals surface area contributed by atoms with Crippen molar-refractivity contribution in [3.8, 4) is 18.1 Å². The number of carbonyl (C=O) groups is 1. The summed E-state index contributed by atoms with van der Waals surface area (Å²) in [5, 5.41) is 0.742. The number of terminal acetylenes is 1. The zero-order valence-electron chi connectivity index (χ0n) is 21.2. The van der Waals surface area contributed by atoms with Crippen molar-refractivity contribution >= 4 is 28.9 Å². The average Bonchev–Trinajstić information content (AvgIpc) is 3.02. The molecule has 1 heterocycles. The molecule has 0 saturated heterocycles. The highest BCUT2D eigenvalue weighted by molar-refractivity contribution is 6.30. The van der Waals surface area contributed by atoms with Crippen LogP contribution in [0.15, 0.2) is 48.6 Å². The molecule has 0 bridgehead atoms. The molecule has 3 rings (SSSR count). The summed E-state index contributed by atoms with van der Waals surface area (Å²) in [7, 11) is 3.44. The van der Waals surface area contributed by atoms with Gasteiger partial charge in [-0.25, -0.2) is 4.79 Å². The van der Waals surface area contributed by atoms with Crippen molar-refractivity contribution in [1.82, 2.24) is 4.90 Å². The van der Waals surface area contributed by atoms with Crippen molar-refractivity contribution in [2.75, 3.05) is 58.5 Å². The van der Waals surface area contributed by atoms with Gasteiger partial charge in [-0.1, -0.05) is 29.7 Å². The molecule has 0 amide bonds.